The monoisotopic (exact) mass is 299 g/mol. The van der Waals surface area contributed by atoms with Gasteiger partial charge < -0.3 is 15.5 Å². The predicted molar refractivity (Wildman–Crippen MR) is 78.8 cm³/mol. The first-order chi connectivity index (χ1) is 9.19. The van der Waals surface area contributed by atoms with Crippen molar-refractivity contribution in [2.45, 2.75) is 12.8 Å². The lowest BCUT2D eigenvalue weighted by atomic mass is 9.87. The van der Waals surface area contributed by atoms with Crippen LogP contribution >= 0.6 is 12.4 Å². The zero-order valence-corrected chi connectivity index (χ0v) is 12.0. The number of para-hydroxylation sites is 1. The summed E-state index contributed by atoms with van der Waals surface area (Å²) in [6.07, 6.45) is 2.15. The minimum Gasteiger partial charge on any atom is -0.324 e. The zero-order valence-electron chi connectivity index (χ0n) is 11.2. The first-order valence-corrected chi connectivity index (χ1v) is 6.70. The molecule has 2 saturated heterocycles. The van der Waals surface area contributed by atoms with Crippen LogP contribution in [0.25, 0.3) is 0 Å². The normalized spacial score (nSPS) is 24.8. The molecule has 2 aliphatic heterocycles. The molecule has 0 saturated carbocycles. The minimum absolute atomic E-state index is 0. The molecular weight excluding hydrogens is 281 g/mol. The van der Waals surface area contributed by atoms with Gasteiger partial charge in [-0.25, -0.2) is 9.18 Å². The number of amides is 2. The Balaban J connectivity index is 0.00000147. The summed E-state index contributed by atoms with van der Waals surface area (Å²) in [4.78, 5) is 13.9. The number of nitrogens with zero attached hydrogens (tertiary/aromatic N) is 1. The average Bonchev–Trinajstić information content (AvgIpc) is 3.03. The highest BCUT2D eigenvalue weighted by Gasteiger charge is 2.41. The van der Waals surface area contributed by atoms with Crippen molar-refractivity contribution in [1.29, 1.82) is 0 Å². The molecule has 0 bridgehead atoms. The Morgan fingerprint density at radius 3 is 2.85 bits per heavy atom. The lowest BCUT2D eigenvalue weighted by Crippen LogP contribution is -2.36. The van der Waals surface area contributed by atoms with Crippen molar-refractivity contribution in [2.24, 2.45) is 5.41 Å². The van der Waals surface area contributed by atoms with E-state index in [2.05, 4.69) is 10.6 Å². The molecule has 2 heterocycles. The van der Waals surface area contributed by atoms with Crippen LogP contribution in [-0.2, 0) is 0 Å². The molecule has 2 aliphatic rings. The van der Waals surface area contributed by atoms with Crippen molar-refractivity contribution >= 4 is 24.1 Å². The van der Waals surface area contributed by atoms with Crippen LogP contribution in [0, 0.1) is 11.2 Å². The van der Waals surface area contributed by atoms with Gasteiger partial charge >= 0.3 is 6.03 Å². The predicted octanol–water partition coefficient (Wildman–Crippen LogP) is 2.46. The molecule has 1 aromatic carbocycles. The minimum atomic E-state index is -0.396. The summed E-state index contributed by atoms with van der Waals surface area (Å²) in [5.41, 5.74) is 0.491. The zero-order chi connectivity index (χ0) is 13.3. The molecule has 1 aromatic rings. The molecule has 1 atom stereocenters. The summed E-state index contributed by atoms with van der Waals surface area (Å²) in [6, 6.07) is 6.05. The fraction of sp³-hybridized carbons (Fsp3) is 0.500. The van der Waals surface area contributed by atoms with Crippen molar-refractivity contribution in [3.63, 3.8) is 0 Å². The number of hydrogen-bond donors (Lipinski definition) is 2. The van der Waals surface area contributed by atoms with Crippen molar-refractivity contribution in [3.05, 3.63) is 30.1 Å². The van der Waals surface area contributed by atoms with Crippen LogP contribution in [0.5, 0.6) is 0 Å². The van der Waals surface area contributed by atoms with Gasteiger partial charge in [-0.3, -0.25) is 0 Å². The SMILES string of the molecule is Cl.O=C(Nc1ccccc1F)N1CCC2(CCNC2)C1. The van der Waals surface area contributed by atoms with Gasteiger partial charge in [0.1, 0.15) is 5.82 Å². The highest BCUT2D eigenvalue weighted by Crippen LogP contribution is 2.36. The van der Waals surface area contributed by atoms with Crippen molar-refractivity contribution in [3.8, 4) is 0 Å². The van der Waals surface area contributed by atoms with Crippen LogP contribution in [0.3, 0.4) is 0 Å². The maximum Gasteiger partial charge on any atom is 0.321 e. The molecule has 110 valence electrons. The van der Waals surface area contributed by atoms with E-state index < -0.39 is 5.82 Å². The Kier molecular flexibility index (Phi) is 4.50. The van der Waals surface area contributed by atoms with E-state index in [0.717, 1.165) is 39.0 Å². The number of carbonyl (C=O) groups excluding carboxylic acids is 1. The third kappa shape index (κ3) is 2.88. The van der Waals surface area contributed by atoms with Crippen LogP contribution in [0.4, 0.5) is 14.9 Å². The van der Waals surface area contributed by atoms with Gasteiger partial charge in [-0.1, -0.05) is 12.1 Å². The van der Waals surface area contributed by atoms with Crippen LogP contribution in [0.2, 0.25) is 0 Å². The molecule has 0 radical (unpaired) electrons. The second kappa shape index (κ2) is 5.97. The second-order valence-electron chi connectivity index (χ2n) is 5.51. The van der Waals surface area contributed by atoms with Gasteiger partial charge in [0, 0.05) is 25.0 Å². The number of urea groups is 1. The van der Waals surface area contributed by atoms with E-state index in [1.54, 1.807) is 23.1 Å². The molecule has 2 amide bonds. The Labute approximate surface area is 124 Å². The Morgan fingerprint density at radius 2 is 2.15 bits per heavy atom. The Bertz CT molecular complexity index is 491. The van der Waals surface area contributed by atoms with E-state index in [1.165, 1.54) is 6.07 Å². The summed E-state index contributed by atoms with van der Waals surface area (Å²) in [7, 11) is 0. The fourth-order valence-corrected chi connectivity index (χ4v) is 3.01. The van der Waals surface area contributed by atoms with Crippen molar-refractivity contribution in [1.82, 2.24) is 10.2 Å². The molecular formula is C14H19ClFN3O. The molecule has 4 nitrogen and oxygen atoms in total. The van der Waals surface area contributed by atoms with E-state index in [1.807, 2.05) is 0 Å². The standard InChI is InChI=1S/C14H18FN3O.ClH/c15-11-3-1-2-4-12(11)17-13(19)18-8-6-14(10-18)5-7-16-9-14;/h1-4,16H,5-10H2,(H,17,19);1H. The highest BCUT2D eigenvalue weighted by atomic mass is 35.5. The van der Waals surface area contributed by atoms with Crippen LogP contribution in [-0.4, -0.2) is 37.1 Å². The first kappa shape index (κ1) is 15.1. The molecule has 2 N–H and O–H groups in total. The smallest absolute Gasteiger partial charge is 0.321 e. The molecule has 1 unspecified atom stereocenters. The van der Waals surface area contributed by atoms with Crippen LogP contribution < -0.4 is 10.6 Å². The van der Waals surface area contributed by atoms with Crippen LogP contribution in [0.15, 0.2) is 24.3 Å². The highest BCUT2D eigenvalue weighted by molar-refractivity contribution is 5.89. The van der Waals surface area contributed by atoms with Gasteiger partial charge in [0.05, 0.1) is 5.69 Å². The number of hydrogen-bond acceptors (Lipinski definition) is 2. The second-order valence-corrected chi connectivity index (χ2v) is 5.51. The third-order valence-corrected chi connectivity index (χ3v) is 4.17. The fourth-order valence-electron chi connectivity index (χ4n) is 3.01. The molecule has 20 heavy (non-hydrogen) atoms. The van der Waals surface area contributed by atoms with E-state index in [0.29, 0.717) is 0 Å². The van der Waals surface area contributed by atoms with Crippen LogP contribution in [0.1, 0.15) is 12.8 Å². The topological polar surface area (TPSA) is 44.4 Å². The molecule has 0 aliphatic carbocycles. The quantitative estimate of drug-likeness (QED) is 0.837. The van der Waals surface area contributed by atoms with E-state index in [-0.39, 0.29) is 29.5 Å². The number of nitrogens with one attached hydrogen (secondary N) is 2. The largest absolute Gasteiger partial charge is 0.324 e. The summed E-state index contributed by atoms with van der Waals surface area (Å²) in [6.45, 7) is 3.53. The van der Waals surface area contributed by atoms with E-state index in [9.17, 15) is 9.18 Å². The van der Waals surface area contributed by atoms with E-state index in [4.69, 9.17) is 0 Å². The molecule has 6 heteroatoms. The molecule has 1 spiro atoms. The molecule has 2 fully saturated rings. The summed E-state index contributed by atoms with van der Waals surface area (Å²) >= 11 is 0. The summed E-state index contributed by atoms with van der Waals surface area (Å²) in [5, 5.41) is 6.01. The van der Waals surface area contributed by atoms with Gasteiger partial charge in [0.15, 0.2) is 0 Å². The Hall–Kier alpha value is -1.33. The Morgan fingerprint density at radius 1 is 1.35 bits per heavy atom. The lowest BCUT2D eigenvalue weighted by Gasteiger charge is -2.23. The van der Waals surface area contributed by atoms with Crippen molar-refractivity contribution < 1.29 is 9.18 Å². The number of benzene rings is 1. The number of halogens is 2. The van der Waals surface area contributed by atoms with Gasteiger partial charge in [0.2, 0.25) is 0 Å². The number of rotatable bonds is 1. The maximum atomic E-state index is 13.5. The van der Waals surface area contributed by atoms with Gasteiger partial charge in [-0.05, 0) is 31.5 Å². The van der Waals surface area contributed by atoms with E-state index >= 15 is 0 Å². The summed E-state index contributed by atoms with van der Waals surface area (Å²) < 4.78 is 13.5. The first-order valence-electron chi connectivity index (χ1n) is 6.70. The van der Waals surface area contributed by atoms with Crippen molar-refractivity contribution in [2.75, 3.05) is 31.5 Å². The number of likely N-dealkylation sites (tertiary alicyclic amines) is 1. The van der Waals surface area contributed by atoms with Gasteiger partial charge in [-0.2, -0.15) is 0 Å². The third-order valence-electron chi connectivity index (χ3n) is 4.17. The van der Waals surface area contributed by atoms with Gasteiger partial charge in [-0.15, -0.1) is 12.4 Å². The molecule has 0 aromatic heterocycles. The number of anilines is 1. The molecule has 3 rings (SSSR count). The lowest BCUT2D eigenvalue weighted by molar-refractivity contribution is 0.215. The van der Waals surface area contributed by atoms with Gasteiger partial charge in [0.25, 0.3) is 0 Å². The average molecular weight is 300 g/mol. The summed E-state index contributed by atoms with van der Waals surface area (Å²) in [5.74, 6) is -0.396. The number of carbonyl (C=O) groups is 1. The maximum absolute atomic E-state index is 13.5.